The molecule has 0 unspecified atom stereocenters. The summed E-state index contributed by atoms with van der Waals surface area (Å²) in [6.45, 7) is 0.704. The van der Waals surface area contributed by atoms with Crippen molar-refractivity contribution in [3.05, 3.63) is 53.0 Å². The maximum atomic E-state index is 11.6. The smallest absolute Gasteiger partial charge is 0.227 e. The molecule has 1 fully saturated rings. The van der Waals surface area contributed by atoms with E-state index in [0.29, 0.717) is 13.0 Å². The highest BCUT2D eigenvalue weighted by Gasteiger charge is 2.29. The monoisotopic (exact) mass is 392 g/mol. The van der Waals surface area contributed by atoms with Crippen LogP contribution in [0.3, 0.4) is 0 Å². The van der Waals surface area contributed by atoms with E-state index in [0.717, 1.165) is 21.6 Å². The zero-order valence-corrected chi connectivity index (χ0v) is 15.1. The summed E-state index contributed by atoms with van der Waals surface area (Å²) in [6.07, 6.45) is 0.451. The van der Waals surface area contributed by atoms with Crippen LogP contribution >= 0.6 is 15.9 Å². The highest BCUT2D eigenvalue weighted by Crippen LogP contribution is 2.25. The number of hydrogen-bond acceptors (Lipinski definition) is 4. The number of benzene rings is 2. The zero-order chi connectivity index (χ0) is 17.5. The van der Waals surface area contributed by atoms with Gasteiger partial charge < -0.3 is 20.5 Å². The SMILES string of the molecule is COc1cccc(N)c1.O=C1C[C@@H](CO)CN1c1ccc(Br)cc1. The van der Waals surface area contributed by atoms with Crippen molar-refractivity contribution in [1.82, 2.24) is 0 Å². The number of carbonyl (C=O) groups is 1. The van der Waals surface area contributed by atoms with Gasteiger partial charge in [0.25, 0.3) is 0 Å². The van der Waals surface area contributed by atoms with Gasteiger partial charge in [-0.05, 0) is 36.4 Å². The van der Waals surface area contributed by atoms with Crippen LogP contribution < -0.4 is 15.4 Å². The van der Waals surface area contributed by atoms with Gasteiger partial charge in [-0.2, -0.15) is 0 Å². The van der Waals surface area contributed by atoms with E-state index in [1.807, 2.05) is 42.5 Å². The van der Waals surface area contributed by atoms with E-state index in [4.69, 9.17) is 15.6 Å². The Balaban J connectivity index is 0.000000198. The molecule has 1 aliphatic rings. The summed E-state index contributed by atoms with van der Waals surface area (Å²) in [4.78, 5) is 13.4. The molecule has 2 aromatic carbocycles. The molecule has 3 rings (SSSR count). The summed E-state index contributed by atoms with van der Waals surface area (Å²) < 4.78 is 5.91. The summed E-state index contributed by atoms with van der Waals surface area (Å²) >= 11 is 3.35. The van der Waals surface area contributed by atoms with Crippen molar-refractivity contribution in [2.45, 2.75) is 6.42 Å². The van der Waals surface area contributed by atoms with Crippen LogP contribution in [-0.2, 0) is 4.79 Å². The van der Waals surface area contributed by atoms with Crippen LogP contribution in [0.25, 0.3) is 0 Å². The minimum absolute atomic E-state index is 0.0821. The lowest BCUT2D eigenvalue weighted by molar-refractivity contribution is -0.117. The van der Waals surface area contributed by atoms with Gasteiger partial charge in [-0.3, -0.25) is 4.79 Å². The molecular weight excluding hydrogens is 372 g/mol. The van der Waals surface area contributed by atoms with Gasteiger partial charge in [0.05, 0.1) is 7.11 Å². The second kappa shape index (κ2) is 8.70. The molecule has 0 bridgehead atoms. The van der Waals surface area contributed by atoms with Crippen molar-refractivity contribution in [3.63, 3.8) is 0 Å². The number of nitrogens with two attached hydrogens (primary N) is 1. The molecule has 1 heterocycles. The number of aliphatic hydroxyl groups is 1. The molecule has 0 radical (unpaired) electrons. The third-order valence-corrected chi connectivity index (χ3v) is 4.22. The number of ether oxygens (including phenoxy) is 1. The van der Waals surface area contributed by atoms with Gasteiger partial charge in [0.1, 0.15) is 5.75 Å². The van der Waals surface area contributed by atoms with Gasteiger partial charge in [0.2, 0.25) is 5.91 Å². The second-order valence-corrected chi connectivity index (χ2v) is 6.43. The first-order chi connectivity index (χ1) is 11.5. The first kappa shape index (κ1) is 18.3. The van der Waals surface area contributed by atoms with E-state index >= 15 is 0 Å². The largest absolute Gasteiger partial charge is 0.497 e. The highest BCUT2D eigenvalue weighted by atomic mass is 79.9. The number of nitrogen functional groups attached to an aromatic ring is 1. The summed E-state index contributed by atoms with van der Waals surface area (Å²) in [7, 11) is 1.62. The van der Waals surface area contributed by atoms with Gasteiger partial charge in [-0.15, -0.1) is 0 Å². The molecule has 3 N–H and O–H groups in total. The summed E-state index contributed by atoms with van der Waals surface area (Å²) in [5.41, 5.74) is 7.09. The minimum atomic E-state index is 0.0821. The predicted octanol–water partition coefficient (Wildman–Crippen LogP) is 3.07. The number of halogens is 1. The van der Waals surface area contributed by atoms with Crippen molar-refractivity contribution in [2.24, 2.45) is 5.92 Å². The van der Waals surface area contributed by atoms with Crippen molar-refractivity contribution >= 4 is 33.2 Å². The Kier molecular flexibility index (Phi) is 6.63. The number of anilines is 2. The lowest BCUT2D eigenvalue weighted by Crippen LogP contribution is -2.24. The molecule has 128 valence electrons. The normalized spacial score (nSPS) is 16.5. The molecule has 0 aromatic heterocycles. The van der Waals surface area contributed by atoms with Gasteiger partial charge in [0, 0.05) is 47.4 Å². The second-order valence-electron chi connectivity index (χ2n) is 5.51. The number of aliphatic hydroxyl groups excluding tert-OH is 1. The molecule has 6 heteroatoms. The standard InChI is InChI=1S/C11H12BrNO2.C7H9NO/c12-9-1-3-10(4-2-9)13-6-8(7-14)5-11(13)15;1-9-7-4-2-3-6(8)5-7/h1-4,8,14H,5-7H2;2-5H,8H2,1H3/t8-;/m1./s1. The van der Waals surface area contributed by atoms with Gasteiger partial charge >= 0.3 is 0 Å². The van der Waals surface area contributed by atoms with Gasteiger partial charge in [-0.1, -0.05) is 22.0 Å². The lowest BCUT2D eigenvalue weighted by atomic mass is 10.1. The van der Waals surface area contributed by atoms with Crippen molar-refractivity contribution < 1.29 is 14.6 Å². The first-order valence-electron chi connectivity index (χ1n) is 7.59. The molecule has 1 atom stereocenters. The fourth-order valence-electron chi connectivity index (χ4n) is 2.42. The van der Waals surface area contributed by atoms with Crippen LogP contribution in [0.1, 0.15) is 6.42 Å². The maximum absolute atomic E-state index is 11.6. The third-order valence-electron chi connectivity index (χ3n) is 3.70. The number of methoxy groups -OCH3 is 1. The molecule has 1 aliphatic heterocycles. The van der Waals surface area contributed by atoms with Crippen LogP contribution in [0.2, 0.25) is 0 Å². The van der Waals surface area contributed by atoms with Gasteiger partial charge in [0.15, 0.2) is 0 Å². The molecule has 2 aromatic rings. The molecule has 1 amide bonds. The quantitative estimate of drug-likeness (QED) is 0.786. The van der Waals surface area contributed by atoms with Gasteiger partial charge in [-0.25, -0.2) is 0 Å². The average Bonchev–Trinajstić information content (AvgIpc) is 2.97. The fourth-order valence-corrected chi connectivity index (χ4v) is 2.68. The molecular formula is C18H21BrN2O3. The number of hydrogen-bond donors (Lipinski definition) is 2. The van der Waals surface area contributed by atoms with Crippen LogP contribution in [0, 0.1) is 5.92 Å². The molecule has 0 saturated carbocycles. The van der Waals surface area contributed by atoms with Crippen LogP contribution in [0.15, 0.2) is 53.0 Å². The average molecular weight is 393 g/mol. The van der Waals surface area contributed by atoms with E-state index < -0.39 is 0 Å². The fraction of sp³-hybridized carbons (Fsp3) is 0.278. The molecule has 0 spiro atoms. The van der Waals surface area contributed by atoms with E-state index in [1.165, 1.54) is 0 Å². The first-order valence-corrected chi connectivity index (χ1v) is 8.39. The van der Waals surface area contributed by atoms with Crippen LogP contribution in [-0.4, -0.2) is 31.3 Å². The molecule has 1 saturated heterocycles. The van der Waals surface area contributed by atoms with E-state index in [1.54, 1.807) is 18.1 Å². The van der Waals surface area contributed by atoms with Crippen LogP contribution in [0.4, 0.5) is 11.4 Å². The minimum Gasteiger partial charge on any atom is -0.497 e. The Hall–Kier alpha value is -2.05. The topological polar surface area (TPSA) is 75.8 Å². The van der Waals surface area contributed by atoms with Crippen molar-refractivity contribution in [3.8, 4) is 5.75 Å². The number of carbonyl (C=O) groups excluding carboxylic acids is 1. The Bertz CT molecular complexity index is 676. The Morgan fingerprint density at radius 3 is 2.50 bits per heavy atom. The summed E-state index contributed by atoms with van der Waals surface area (Å²) in [5, 5.41) is 9.01. The Morgan fingerprint density at radius 2 is 2.00 bits per heavy atom. The number of amides is 1. The van der Waals surface area contributed by atoms with E-state index in [9.17, 15) is 4.79 Å². The van der Waals surface area contributed by atoms with Crippen molar-refractivity contribution in [1.29, 1.82) is 0 Å². The third kappa shape index (κ3) is 4.97. The lowest BCUT2D eigenvalue weighted by Gasteiger charge is -2.16. The Labute approximate surface area is 150 Å². The molecule has 5 nitrogen and oxygen atoms in total. The highest BCUT2D eigenvalue weighted by molar-refractivity contribution is 9.10. The van der Waals surface area contributed by atoms with E-state index in [2.05, 4.69) is 15.9 Å². The number of rotatable bonds is 3. The molecule has 24 heavy (non-hydrogen) atoms. The molecule has 0 aliphatic carbocycles. The number of nitrogens with zero attached hydrogens (tertiary/aromatic N) is 1. The van der Waals surface area contributed by atoms with Crippen LogP contribution in [0.5, 0.6) is 5.75 Å². The summed E-state index contributed by atoms with van der Waals surface area (Å²) in [5.74, 6) is 0.979. The van der Waals surface area contributed by atoms with E-state index in [-0.39, 0.29) is 18.4 Å². The maximum Gasteiger partial charge on any atom is 0.227 e. The Morgan fingerprint density at radius 1 is 1.29 bits per heavy atom. The van der Waals surface area contributed by atoms with Crippen molar-refractivity contribution in [2.75, 3.05) is 30.9 Å². The summed E-state index contributed by atoms with van der Waals surface area (Å²) in [6, 6.07) is 14.9. The predicted molar refractivity (Wildman–Crippen MR) is 99.1 cm³/mol. The zero-order valence-electron chi connectivity index (χ0n) is 13.5.